The van der Waals surface area contributed by atoms with Crippen LogP contribution in [0.25, 0.3) is 0 Å². The summed E-state index contributed by atoms with van der Waals surface area (Å²) < 4.78 is 26.4. The molecule has 0 atom stereocenters. The fourth-order valence-electron chi connectivity index (χ4n) is 1.47. The molecule has 0 heterocycles. The van der Waals surface area contributed by atoms with Gasteiger partial charge in [0.25, 0.3) is 0 Å². The monoisotopic (exact) mass is 252 g/mol. The molecular formula is C13H7ClF2O. The predicted octanol–water partition coefficient (Wildman–Crippen LogP) is 3.85. The maximum atomic E-state index is 13.4. The second kappa shape index (κ2) is 4.63. The quantitative estimate of drug-likeness (QED) is 0.742. The SMILES string of the molecule is O=C(c1ccccc1Cl)c1cccc(F)c1F. The lowest BCUT2D eigenvalue weighted by Crippen LogP contribution is -2.06. The van der Waals surface area contributed by atoms with Crippen LogP contribution in [0.5, 0.6) is 0 Å². The van der Waals surface area contributed by atoms with Crippen molar-refractivity contribution in [1.29, 1.82) is 0 Å². The Morgan fingerprint density at radius 2 is 1.59 bits per heavy atom. The van der Waals surface area contributed by atoms with E-state index in [0.717, 1.165) is 6.07 Å². The van der Waals surface area contributed by atoms with Crippen molar-refractivity contribution in [2.45, 2.75) is 0 Å². The van der Waals surface area contributed by atoms with Gasteiger partial charge in [-0.15, -0.1) is 0 Å². The smallest absolute Gasteiger partial charge is 0.197 e. The zero-order valence-corrected chi connectivity index (χ0v) is 9.34. The first-order valence-corrected chi connectivity index (χ1v) is 5.22. The van der Waals surface area contributed by atoms with Crippen molar-refractivity contribution >= 4 is 17.4 Å². The molecule has 0 N–H and O–H groups in total. The number of ketones is 1. The van der Waals surface area contributed by atoms with Gasteiger partial charge in [-0.25, -0.2) is 8.78 Å². The maximum Gasteiger partial charge on any atom is 0.197 e. The third kappa shape index (κ3) is 2.19. The molecule has 0 unspecified atom stereocenters. The zero-order chi connectivity index (χ0) is 12.4. The summed E-state index contributed by atoms with van der Waals surface area (Å²) in [5.74, 6) is -2.84. The second-order valence-electron chi connectivity index (χ2n) is 3.41. The lowest BCUT2D eigenvalue weighted by molar-refractivity contribution is 0.103. The Balaban J connectivity index is 2.52. The molecule has 0 aliphatic heterocycles. The summed E-state index contributed by atoms with van der Waals surface area (Å²) in [6, 6.07) is 9.71. The summed E-state index contributed by atoms with van der Waals surface area (Å²) in [6.07, 6.45) is 0. The molecule has 0 aliphatic carbocycles. The van der Waals surface area contributed by atoms with Crippen molar-refractivity contribution in [2.75, 3.05) is 0 Å². The van der Waals surface area contributed by atoms with Crippen LogP contribution in [0.4, 0.5) is 8.78 Å². The Bertz CT molecular complexity index is 581. The van der Waals surface area contributed by atoms with Crippen LogP contribution in [0.2, 0.25) is 5.02 Å². The molecule has 1 nitrogen and oxygen atoms in total. The van der Waals surface area contributed by atoms with Gasteiger partial charge in [-0.1, -0.05) is 29.8 Å². The molecule has 0 aliphatic rings. The van der Waals surface area contributed by atoms with E-state index >= 15 is 0 Å². The molecule has 2 aromatic carbocycles. The van der Waals surface area contributed by atoms with E-state index in [-0.39, 0.29) is 16.1 Å². The molecule has 0 saturated carbocycles. The summed E-state index contributed by atoms with van der Waals surface area (Å²) in [4.78, 5) is 11.9. The van der Waals surface area contributed by atoms with Gasteiger partial charge in [0.05, 0.1) is 10.6 Å². The van der Waals surface area contributed by atoms with Crippen molar-refractivity contribution in [3.05, 3.63) is 70.2 Å². The molecule has 0 bridgehead atoms. The van der Waals surface area contributed by atoms with E-state index in [4.69, 9.17) is 11.6 Å². The molecule has 4 heteroatoms. The first-order valence-electron chi connectivity index (χ1n) is 4.84. The van der Waals surface area contributed by atoms with E-state index in [1.807, 2.05) is 0 Å². The minimum atomic E-state index is -1.16. The molecule has 86 valence electrons. The number of benzene rings is 2. The van der Waals surface area contributed by atoms with Crippen molar-refractivity contribution in [3.63, 3.8) is 0 Å². The van der Waals surface area contributed by atoms with Gasteiger partial charge in [-0.3, -0.25) is 4.79 Å². The minimum Gasteiger partial charge on any atom is -0.288 e. The molecule has 0 aromatic heterocycles. The van der Waals surface area contributed by atoms with Crippen LogP contribution in [0.15, 0.2) is 42.5 Å². The molecule has 0 amide bonds. The molecule has 17 heavy (non-hydrogen) atoms. The molecule has 2 aromatic rings. The Morgan fingerprint density at radius 3 is 2.29 bits per heavy atom. The van der Waals surface area contributed by atoms with E-state index in [1.165, 1.54) is 24.3 Å². The predicted molar refractivity (Wildman–Crippen MR) is 61.2 cm³/mol. The van der Waals surface area contributed by atoms with Crippen LogP contribution in [0.1, 0.15) is 15.9 Å². The van der Waals surface area contributed by atoms with E-state index in [1.54, 1.807) is 12.1 Å². The highest BCUT2D eigenvalue weighted by atomic mass is 35.5. The summed E-state index contributed by atoms with van der Waals surface area (Å²) in [7, 11) is 0. The van der Waals surface area contributed by atoms with Gasteiger partial charge in [-0.05, 0) is 24.3 Å². The highest BCUT2D eigenvalue weighted by molar-refractivity contribution is 6.34. The third-order valence-corrected chi connectivity index (χ3v) is 2.64. The van der Waals surface area contributed by atoms with Crippen LogP contribution in [-0.4, -0.2) is 5.78 Å². The number of hydrogen-bond acceptors (Lipinski definition) is 1. The van der Waals surface area contributed by atoms with Gasteiger partial charge in [0, 0.05) is 5.56 Å². The van der Waals surface area contributed by atoms with Crippen molar-refractivity contribution in [1.82, 2.24) is 0 Å². The van der Waals surface area contributed by atoms with E-state index < -0.39 is 17.4 Å². The van der Waals surface area contributed by atoms with Crippen molar-refractivity contribution in [3.8, 4) is 0 Å². The van der Waals surface area contributed by atoms with E-state index in [2.05, 4.69) is 0 Å². The Hall–Kier alpha value is -1.74. The van der Waals surface area contributed by atoms with Crippen LogP contribution in [0, 0.1) is 11.6 Å². The van der Waals surface area contributed by atoms with Crippen LogP contribution >= 0.6 is 11.6 Å². The molecular weight excluding hydrogens is 246 g/mol. The summed E-state index contributed by atoms with van der Waals surface area (Å²) >= 11 is 5.82. The fourth-order valence-corrected chi connectivity index (χ4v) is 1.69. The third-order valence-electron chi connectivity index (χ3n) is 2.31. The highest BCUT2D eigenvalue weighted by Crippen LogP contribution is 2.21. The van der Waals surface area contributed by atoms with Crippen LogP contribution < -0.4 is 0 Å². The Morgan fingerprint density at radius 1 is 0.941 bits per heavy atom. The van der Waals surface area contributed by atoms with Crippen molar-refractivity contribution < 1.29 is 13.6 Å². The largest absolute Gasteiger partial charge is 0.288 e. The standard InChI is InChI=1S/C13H7ClF2O/c14-10-6-2-1-4-8(10)13(17)9-5-3-7-11(15)12(9)16/h1-7H. The number of rotatable bonds is 2. The topological polar surface area (TPSA) is 17.1 Å². The molecule has 0 spiro atoms. The van der Waals surface area contributed by atoms with E-state index in [0.29, 0.717) is 0 Å². The first-order chi connectivity index (χ1) is 8.11. The number of carbonyl (C=O) groups excluding carboxylic acids is 1. The lowest BCUT2D eigenvalue weighted by Gasteiger charge is -2.04. The average Bonchev–Trinajstić information content (AvgIpc) is 2.32. The summed E-state index contributed by atoms with van der Waals surface area (Å²) in [5.41, 5.74) is -0.170. The Labute approximate surface area is 102 Å². The summed E-state index contributed by atoms with van der Waals surface area (Å²) in [5, 5.41) is 0.209. The summed E-state index contributed by atoms with van der Waals surface area (Å²) in [6.45, 7) is 0. The minimum absolute atomic E-state index is 0.152. The molecule has 0 radical (unpaired) electrons. The lowest BCUT2D eigenvalue weighted by atomic mass is 10.0. The molecule has 2 rings (SSSR count). The van der Waals surface area contributed by atoms with Crippen molar-refractivity contribution in [2.24, 2.45) is 0 Å². The van der Waals surface area contributed by atoms with Gasteiger partial charge < -0.3 is 0 Å². The van der Waals surface area contributed by atoms with E-state index in [9.17, 15) is 13.6 Å². The fraction of sp³-hybridized carbons (Fsp3) is 0. The van der Waals surface area contributed by atoms with Crippen LogP contribution in [-0.2, 0) is 0 Å². The normalized spacial score (nSPS) is 10.3. The number of hydrogen-bond donors (Lipinski definition) is 0. The number of halogens is 3. The molecule has 0 saturated heterocycles. The van der Waals surface area contributed by atoms with Gasteiger partial charge in [-0.2, -0.15) is 0 Å². The van der Waals surface area contributed by atoms with Gasteiger partial charge >= 0.3 is 0 Å². The van der Waals surface area contributed by atoms with Gasteiger partial charge in [0.2, 0.25) is 0 Å². The molecule has 0 fully saturated rings. The van der Waals surface area contributed by atoms with Gasteiger partial charge in [0.15, 0.2) is 17.4 Å². The number of carbonyl (C=O) groups is 1. The van der Waals surface area contributed by atoms with Crippen LogP contribution in [0.3, 0.4) is 0 Å². The average molecular weight is 253 g/mol. The maximum absolute atomic E-state index is 13.4. The van der Waals surface area contributed by atoms with Gasteiger partial charge in [0.1, 0.15) is 0 Å². The zero-order valence-electron chi connectivity index (χ0n) is 8.58. The highest BCUT2D eigenvalue weighted by Gasteiger charge is 2.18. The second-order valence-corrected chi connectivity index (χ2v) is 3.82. The Kier molecular flexibility index (Phi) is 3.20. The first kappa shape index (κ1) is 11.7.